The predicted octanol–water partition coefficient (Wildman–Crippen LogP) is 2.06. The second-order valence-electron chi connectivity index (χ2n) is 8.09. The molecule has 2 aliphatic rings. The summed E-state index contributed by atoms with van der Waals surface area (Å²) in [5, 5.41) is 9.62. The quantitative estimate of drug-likeness (QED) is 0.732. The highest BCUT2D eigenvalue weighted by Crippen LogP contribution is 2.29. The van der Waals surface area contributed by atoms with Crippen LogP contribution >= 0.6 is 0 Å². The minimum absolute atomic E-state index is 0.263. The second kappa shape index (κ2) is 10.4. The van der Waals surface area contributed by atoms with Crippen LogP contribution in [0.4, 0.5) is 0 Å². The topological polar surface area (TPSA) is 48.4 Å². The first-order valence-corrected chi connectivity index (χ1v) is 10.7. The number of hydrogen-bond acceptors (Lipinski definition) is 6. The van der Waals surface area contributed by atoms with Crippen molar-refractivity contribution in [3.8, 4) is 11.5 Å². The summed E-state index contributed by atoms with van der Waals surface area (Å²) < 4.78 is 11.1. The lowest BCUT2D eigenvalue weighted by molar-refractivity contribution is 0.00598. The van der Waals surface area contributed by atoms with Crippen LogP contribution in [-0.2, 0) is 6.54 Å². The summed E-state index contributed by atoms with van der Waals surface area (Å²) in [6.45, 7) is 9.35. The third-order valence-electron chi connectivity index (χ3n) is 6.17. The molecule has 0 saturated carbocycles. The standard InChI is InChI=1S/C22H37N3O3/c1-4-28-22-15-18(5-6-21(22)27-3)16-24-12-13-25(20(17-24)9-14-26)19-7-10-23(2)11-8-19/h5-6,15,19-20,26H,4,7-14,16-17H2,1-3H3/t20-/m0/s1. The number of aliphatic hydroxyl groups is 1. The zero-order valence-electron chi connectivity index (χ0n) is 17.8. The number of nitrogens with zero attached hydrogens (tertiary/aromatic N) is 3. The van der Waals surface area contributed by atoms with Crippen LogP contribution < -0.4 is 9.47 Å². The van der Waals surface area contributed by atoms with Crippen molar-refractivity contribution in [1.29, 1.82) is 0 Å². The van der Waals surface area contributed by atoms with Crippen LogP contribution in [0.3, 0.4) is 0 Å². The molecule has 1 aromatic rings. The van der Waals surface area contributed by atoms with E-state index in [0.29, 0.717) is 18.7 Å². The summed E-state index contributed by atoms with van der Waals surface area (Å²) in [4.78, 5) is 7.62. The molecule has 2 aliphatic heterocycles. The molecule has 3 rings (SSSR count). The minimum atomic E-state index is 0.263. The maximum atomic E-state index is 9.62. The first-order valence-electron chi connectivity index (χ1n) is 10.7. The molecule has 2 heterocycles. The van der Waals surface area contributed by atoms with Crippen LogP contribution in [-0.4, -0.2) is 92.0 Å². The van der Waals surface area contributed by atoms with Crippen LogP contribution in [0.2, 0.25) is 0 Å². The highest BCUT2D eigenvalue weighted by molar-refractivity contribution is 5.43. The number of rotatable bonds is 8. The lowest BCUT2D eigenvalue weighted by atomic mass is 9.98. The molecule has 1 atom stereocenters. The first kappa shape index (κ1) is 21.4. The van der Waals surface area contributed by atoms with E-state index < -0.39 is 0 Å². The predicted molar refractivity (Wildman–Crippen MR) is 112 cm³/mol. The van der Waals surface area contributed by atoms with E-state index >= 15 is 0 Å². The molecule has 0 amide bonds. The molecule has 1 aromatic carbocycles. The second-order valence-corrected chi connectivity index (χ2v) is 8.09. The van der Waals surface area contributed by atoms with Crippen molar-refractivity contribution >= 4 is 0 Å². The Hall–Kier alpha value is -1.34. The third kappa shape index (κ3) is 5.38. The molecular weight excluding hydrogens is 354 g/mol. The molecule has 0 unspecified atom stereocenters. The summed E-state index contributed by atoms with van der Waals surface area (Å²) in [5.74, 6) is 1.61. The van der Waals surface area contributed by atoms with Crippen molar-refractivity contribution in [3.05, 3.63) is 23.8 Å². The van der Waals surface area contributed by atoms with E-state index in [-0.39, 0.29) is 6.61 Å². The number of ether oxygens (including phenoxy) is 2. The molecular formula is C22H37N3O3. The van der Waals surface area contributed by atoms with Crippen LogP contribution in [0.5, 0.6) is 11.5 Å². The Bertz CT molecular complexity index is 605. The van der Waals surface area contributed by atoms with Crippen molar-refractivity contribution in [1.82, 2.24) is 14.7 Å². The Morgan fingerprint density at radius 2 is 1.89 bits per heavy atom. The zero-order valence-corrected chi connectivity index (χ0v) is 17.8. The highest BCUT2D eigenvalue weighted by Gasteiger charge is 2.33. The maximum absolute atomic E-state index is 9.62. The summed E-state index contributed by atoms with van der Waals surface area (Å²) in [7, 11) is 3.89. The third-order valence-corrected chi connectivity index (χ3v) is 6.17. The Kier molecular flexibility index (Phi) is 7.97. The number of methoxy groups -OCH3 is 1. The van der Waals surface area contributed by atoms with Gasteiger partial charge in [0.15, 0.2) is 11.5 Å². The summed E-state index contributed by atoms with van der Waals surface area (Å²) >= 11 is 0. The first-order chi connectivity index (χ1) is 13.6. The molecule has 158 valence electrons. The highest BCUT2D eigenvalue weighted by atomic mass is 16.5. The normalized spacial score (nSPS) is 23.1. The fourth-order valence-corrected chi connectivity index (χ4v) is 4.64. The Labute approximate surface area is 170 Å². The van der Waals surface area contributed by atoms with Crippen molar-refractivity contribution in [3.63, 3.8) is 0 Å². The van der Waals surface area contributed by atoms with Gasteiger partial charge < -0.3 is 19.5 Å². The van der Waals surface area contributed by atoms with Crippen LogP contribution in [0.1, 0.15) is 31.7 Å². The molecule has 2 fully saturated rings. The van der Waals surface area contributed by atoms with Gasteiger partial charge in [-0.2, -0.15) is 0 Å². The van der Waals surface area contributed by atoms with Gasteiger partial charge in [-0.05, 0) is 64.0 Å². The molecule has 0 bridgehead atoms. The van der Waals surface area contributed by atoms with Gasteiger partial charge in [0, 0.05) is 44.9 Å². The van der Waals surface area contributed by atoms with Gasteiger partial charge in [0.2, 0.25) is 0 Å². The van der Waals surface area contributed by atoms with E-state index in [2.05, 4.69) is 33.9 Å². The fraction of sp³-hybridized carbons (Fsp3) is 0.727. The molecule has 28 heavy (non-hydrogen) atoms. The molecule has 1 N–H and O–H groups in total. The number of likely N-dealkylation sites (tertiary alicyclic amines) is 1. The smallest absolute Gasteiger partial charge is 0.161 e. The number of hydrogen-bond donors (Lipinski definition) is 1. The van der Waals surface area contributed by atoms with E-state index in [1.54, 1.807) is 7.11 Å². The van der Waals surface area contributed by atoms with E-state index in [4.69, 9.17) is 9.47 Å². The molecule has 0 aliphatic carbocycles. The average molecular weight is 392 g/mol. The number of piperazine rings is 1. The summed E-state index contributed by atoms with van der Waals surface area (Å²) in [6, 6.07) is 7.34. The zero-order chi connectivity index (χ0) is 19.9. The van der Waals surface area contributed by atoms with Gasteiger partial charge in [-0.1, -0.05) is 6.07 Å². The molecule has 0 radical (unpaired) electrons. The van der Waals surface area contributed by atoms with E-state index in [1.807, 2.05) is 13.0 Å². The van der Waals surface area contributed by atoms with Gasteiger partial charge in [0.05, 0.1) is 13.7 Å². The Morgan fingerprint density at radius 3 is 2.57 bits per heavy atom. The van der Waals surface area contributed by atoms with Gasteiger partial charge in [-0.3, -0.25) is 9.80 Å². The van der Waals surface area contributed by atoms with E-state index in [9.17, 15) is 5.11 Å². The summed E-state index contributed by atoms with van der Waals surface area (Å²) in [5.41, 5.74) is 1.25. The van der Waals surface area contributed by atoms with Gasteiger partial charge in [-0.25, -0.2) is 0 Å². The van der Waals surface area contributed by atoms with Gasteiger partial charge in [-0.15, -0.1) is 0 Å². The lowest BCUT2D eigenvalue weighted by Crippen LogP contribution is -2.58. The van der Waals surface area contributed by atoms with Gasteiger partial charge >= 0.3 is 0 Å². The number of aliphatic hydroxyl groups excluding tert-OH is 1. The number of piperidine rings is 1. The SMILES string of the molecule is CCOc1cc(CN2CCN(C3CCN(C)CC3)[C@@H](CCO)C2)ccc1OC. The minimum Gasteiger partial charge on any atom is -0.493 e. The molecule has 6 heteroatoms. The average Bonchev–Trinajstić information content (AvgIpc) is 2.70. The fourth-order valence-electron chi connectivity index (χ4n) is 4.64. The van der Waals surface area contributed by atoms with Crippen molar-refractivity contribution < 1.29 is 14.6 Å². The van der Waals surface area contributed by atoms with Crippen molar-refractivity contribution in [2.24, 2.45) is 0 Å². The lowest BCUT2D eigenvalue weighted by Gasteiger charge is -2.47. The Balaban J connectivity index is 1.63. The van der Waals surface area contributed by atoms with Crippen molar-refractivity contribution in [2.75, 3.05) is 60.1 Å². The maximum Gasteiger partial charge on any atom is 0.161 e. The van der Waals surface area contributed by atoms with Crippen LogP contribution in [0.25, 0.3) is 0 Å². The molecule has 6 nitrogen and oxygen atoms in total. The summed E-state index contributed by atoms with van der Waals surface area (Å²) in [6.07, 6.45) is 3.35. The van der Waals surface area contributed by atoms with Crippen LogP contribution in [0.15, 0.2) is 18.2 Å². The molecule has 0 spiro atoms. The Morgan fingerprint density at radius 1 is 1.11 bits per heavy atom. The van der Waals surface area contributed by atoms with Crippen molar-refractivity contribution in [2.45, 2.75) is 44.8 Å². The van der Waals surface area contributed by atoms with Gasteiger partial charge in [0.1, 0.15) is 0 Å². The monoisotopic (exact) mass is 391 g/mol. The largest absolute Gasteiger partial charge is 0.493 e. The molecule has 2 saturated heterocycles. The molecule has 0 aromatic heterocycles. The van der Waals surface area contributed by atoms with Gasteiger partial charge in [0.25, 0.3) is 0 Å². The van der Waals surface area contributed by atoms with Crippen LogP contribution in [0, 0.1) is 0 Å². The number of benzene rings is 1. The van der Waals surface area contributed by atoms with E-state index in [1.165, 1.54) is 31.5 Å². The van der Waals surface area contributed by atoms with E-state index in [0.717, 1.165) is 44.1 Å².